The van der Waals surface area contributed by atoms with Crippen molar-refractivity contribution in [2.24, 2.45) is 0 Å². The van der Waals surface area contributed by atoms with Crippen LogP contribution < -0.4 is 5.32 Å². The number of benzene rings is 1. The molecule has 1 aliphatic heterocycles. The molecule has 1 aromatic carbocycles. The SMILES string of the molecule is O=C(O)c1ccccc1NCC1CCCCS1. The van der Waals surface area contributed by atoms with E-state index in [-0.39, 0.29) is 0 Å². The highest BCUT2D eigenvalue weighted by molar-refractivity contribution is 7.99. The largest absolute Gasteiger partial charge is 0.478 e. The lowest BCUT2D eigenvalue weighted by molar-refractivity contribution is 0.0698. The van der Waals surface area contributed by atoms with E-state index < -0.39 is 5.97 Å². The summed E-state index contributed by atoms with van der Waals surface area (Å²) < 4.78 is 0. The normalized spacial score (nSPS) is 19.9. The number of carbonyl (C=O) groups is 1. The van der Waals surface area contributed by atoms with E-state index in [4.69, 9.17) is 5.11 Å². The third-order valence-electron chi connectivity index (χ3n) is 2.95. The molecule has 0 spiro atoms. The van der Waals surface area contributed by atoms with Crippen molar-refractivity contribution in [3.05, 3.63) is 29.8 Å². The predicted molar refractivity (Wildman–Crippen MR) is 72.0 cm³/mol. The Morgan fingerprint density at radius 1 is 1.41 bits per heavy atom. The highest BCUT2D eigenvalue weighted by Crippen LogP contribution is 2.25. The molecular weight excluding hydrogens is 234 g/mol. The lowest BCUT2D eigenvalue weighted by atomic mass is 10.1. The monoisotopic (exact) mass is 251 g/mol. The summed E-state index contributed by atoms with van der Waals surface area (Å²) in [5.74, 6) is 0.358. The number of carboxylic acid groups (broad SMARTS) is 1. The van der Waals surface area contributed by atoms with E-state index in [9.17, 15) is 4.79 Å². The van der Waals surface area contributed by atoms with Crippen LogP contribution in [0.1, 0.15) is 29.6 Å². The fraction of sp³-hybridized carbons (Fsp3) is 0.462. The number of rotatable bonds is 4. The van der Waals surface area contributed by atoms with Gasteiger partial charge in [-0.15, -0.1) is 0 Å². The van der Waals surface area contributed by atoms with Crippen molar-refractivity contribution in [2.75, 3.05) is 17.6 Å². The molecule has 0 aliphatic carbocycles. The third-order valence-corrected chi connectivity index (χ3v) is 4.35. The Bertz CT molecular complexity index is 389. The molecule has 0 bridgehead atoms. The van der Waals surface area contributed by atoms with E-state index >= 15 is 0 Å². The molecule has 1 saturated heterocycles. The number of para-hydroxylation sites is 1. The third kappa shape index (κ3) is 3.40. The molecule has 4 heteroatoms. The van der Waals surface area contributed by atoms with E-state index in [2.05, 4.69) is 5.32 Å². The van der Waals surface area contributed by atoms with Gasteiger partial charge in [0.1, 0.15) is 0 Å². The quantitative estimate of drug-likeness (QED) is 0.863. The maximum atomic E-state index is 11.0. The van der Waals surface area contributed by atoms with Crippen molar-refractivity contribution in [3.8, 4) is 0 Å². The van der Waals surface area contributed by atoms with Crippen LogP contribution in [0.25, 0.3) is 0 Å². The number of hydrogen-bond donors (Lipinski definition) is 2. The van der Waals surface area contributed by atoms with Gasteiger partial charge in [0.25, 0.3) is 0 Å². The second-order valence-corrected chi connectivity index (χ2v) is 5.63. The molecule has 0 aromatic heterocycles. The fourth-order valence-corrected chi connectivity index (χ4v) is 3.25. The number of carboxylic acids is 1. The molecule has 1 aliphatic rings. The Labute approximate surface area is 106 Å². The Hall–Kier alpha value is -1.16. The van der Waals surface area contributed by atoms with Gasteiger partial charge in [0.15, 0.2) is 0 Å². The zero-order valence-corrected chi connectivity index (χ0v) is 10.5. The summed E-state index contributed by atoms with van der Waals surface area (Å²) in [6.07, 6.45) is 3.83. The molecule has 0 radical (unpaired) electrons. The summed E-state index contributed by atoms with van der Waals surface area (Å²) in [6.45, 7) is 0.856. The van der Waals surface area contributed by atoms with E-state index in [0.717, 1.165) is 12.2 Å². The van der Waals surface area contributed by atoms with Crippen molar-refractivity contribution in [3.63, 3.8) is 0 Å². The lowest BCUT2D eigenvalue weighted by Crippen LogP contribution is -2.21. The van der Waals surface area contributed by atoms with E-state index in [1.54, 1.807) is 12.1 Å². The average molecular weight is 251 g/mol. The van der Waals surface area contributed by atoms with Crippen LogP contribution in [0.4, 0.5) is 5.69 Å². The summed E-state index contributed by atoms with van der Waals surface area (Å²) in [4.78, 5) is 11.0. The van der Waals surface area contributed by atoms with Gasteiger partial charge in [-0.05, 0) is 30.7 Å². The number of aromatic carboxylic acids is 1. The van der Waals surface area contributed by atoms with Crippen molar-refractivity contribution in [2.45, 2.75) is 24.5 Å². The predicted octanol–water partition coefficient (Wildman–Crippen LogP) is 3.08. The summed E-state index contributed by atoms with van der Waals surface area (Å²) in [5.41, 5.74) is 1.08. The molecule has 1 fully saturated rings. The maximum absolute atomic E-state index is 11.0. The van der Waals surface area contributed by atoms with Gasteiger partial charge in [0, 0.05) is 17.5 Å². The molecule has 3 nitrogen and oxygen atoms in total. The number of anilines is 1. The lowest BCUT2D eigenvalue weighted by Gasteiger charge is -2.22. The first-order valence-corrected chi connectivity index (χ1v) is 7.00. The Morgan fingerprint density at radius 3 is 2.94 bits per heavy atom. The van der Waals surface area contributed by atoms with Gasteiger partial charge in [-0.3, -0.25) is 0 Å². The van der Waals surface area contributed by atoms with Crippen molar-refractivity contribution < 1.29 is 9.90 Å². The van der Waals surface area contributed by atoms with Crippen LogP contribution >= 0.6 is 11.8 Å². The Morgan fingerprint density at radius 2 is 2.24 bits per heavy atom. The minimum Gasteiger partial charge on any atom is -0.478 e. The van der Waals surface area contributed by atoms with E-state index in [0.29, 0.717) is 10.8 Å². The van der Waals surface area contributed by atoms with Crippen LogP contribution in [0, 0.1) is 0 Å². The zero-order chi connectivity index (χ0) is 12.1. The molecule has 1 heterocycles. The van der Waals surface area contributed by atoms with E-state index in [1.165, 1.54) is 25.0 Å². The van der Waals surface area contributed by atoms with Gasteiger partial charge in [-0.1, -0.05) is 18.6 Å². The van der Waals surface area contributed by atoms with Gasteiger partial charge in [-0.2, -0.15) is 11.8 Å². The van der Waals surface area contributed by atoms with Crippen LogP contribution in [0.5, 0.6) is 0 Å². The molecular formula is C13H17NO2S. The minimum absolute atomic E-state index is 0.355. The summed E-state index contributed by atoms with van der Waals surface area (Å²) in [7, 11) is 0. The van der Waals surface area contributed by atoms with Crippen LogP contribution in [0.2, 0.25) is 0 Å². The molecule has 2 rings (SSSR count). The van der Waals surface area contributed by atoms with Gasteiger partial charge < -0.3 is 10.4 Å². The molecule has 0 saturated carbocycles. The molecule has 2 N–H and O–H groups in total. The van der Waals surface area contributed by atoms with Gasteiger partial charge in [-0.25, -0.2) is 4.79 Å². The van der Waals surface area contributed by atoms with Crippen molar-refractivity contribution in [1.82, 2.24) is 0 Å². The first-order valence-electron chi connectivity index (χ1n) is 5.95. The average Bonchev–Trinajstić information content (AvgIpc) is 2.38. The molecule has 1 aromatic rings. The Kier molecular flexibility index (Phi) is 4.31. The fourth-order valence-electron chi connectivity index (χ4n) is 2.02. The van der Waals surface area contributed by atoms with E-state index in [1.807, 2.05) is 23.9 Å². The Balaban J connectivity index is 1.96. The maximum Gasteiger partial charge on any atom is 0.337 e. The summed E-state index contributed by atoms with van der Waals surface area (Å²) >= 11 is 1.99. The summed E-state index contributed by atoms with van der Waals surface area (Å²) in [6, 6.07) is 7.09. The first-order chi connectivity index (χ1) is 8.27. The van der Waals surface area contributed by atoms with Gasteiger partial charge in [0.05, 0.1) is 5.56 Å². The second kappa shape index (κ2) is 5.96. The van der Waals surface area contributed by atoms with Crippen LogP contribution in [-0.4, -0.2) is 28.6 Å². The first kappa shape index (κ1) is 12.3. The minimum atomic E-state index is -0.871. The highest BCUT2D eigenvalue weighted by Gasteiger charge is 2.15. The van der Waals surface area contributed by atoms with Crippen LogP contribution in [0.15, 0.2) is 24.3 Å². The van der Waals surface area contributed by atoms with Crippen molar-refractivity contribution >= 4 is 23.4 Å². The van der Waals surface area contributed by atoms with Gasteiger partial charge >= 0.3 is 5.97 Å². The second-order valence-electron chi connectivity index (χ2n) is 4.22. The number of nitrogens with one attached hydrogen (secondary N) is 1. The molecule has 17 heavy (non-hydrogen) atoms. The van der Waals surface area contributed by atoms with Crippen LogP contribution in [-0.2, 0) is 0 Å². The van der Waals surface area contributed by atoms with Gasteiger partial charge in [0.2, 0.25) is 0 Å². The van der Waals surface area contributed by atoms with Crippen molar-refractivity contribution in [1.29, 1.82) is 0 Å². The molecule has 1 unspecified atom stereocenters. The number of hydrogen-bond acceptors (Lipinski definition) is 3. The van der Waals surface area contributed by atoms with Crippen LogP contribution in [0.3, 0.4) is 0 Å². The topological polar surface area (TPSA) is 49.3 Å². The number of thioether (sulfide) groups is 1. The highest BCUT2D eigenvalue weighted by atomic mass is 32.2. The zero-order valence-electron chi connectivity index (χ0n) is 9.69. The molecule has 0 amide bonds. The molecule has 92 valence electrons. The standard InChI is InChI=1S/C13H17NO2S/c15-13(16)11-6-1-2-7-12(11)14-9-10-5-3-4-8-17-10/h1-2,6-7,10,14H,3-5,8-9H2,(H,15,16). The summed E-state index contributed by atoms with van der Waals surface area (Å²) in [5, 5.41) is 12.9. The molecule has 1 atom stereocenters. The smallest absolute Gasteiger partial charge is 0.337 e.